The van der Waals surface area contributed by atoms with Crippen LogP contribution in [0.15, 0.2) is 84.9 Å². The fourth-order valence-electron chi connectivity index (χ4n) is 5.17. The Labute approximate surface area is 299 Å². The van der Waals surface area contributed by atoms with Crippen LogP contribution in [-0.4, -0.2) is 0 Å². The molecule has 47 heavy (non-hydrogen) atoms. The van der Waals surface area contributed by atoms with Gasteiger partial charge >= 0.3 is 21.7 Å². The zero-order valence-electron chi connectivity index (χ0n) is 29.6. The van der Waals surface area contributed by atoms with Gasteiger partial charge in [0.2, 0.25) is 0 Å². The normalized spacial score (nSPS) is 12.8. The van der Waals surface area contributed by atoms with E-state index < -0.39 is 23.3 Å². The maximum Gasteiger partial charge on any atom is 4.00 e. The number of hydrogen-bond donors (Lipinski definition) is 0. The van der Waals surface area contributed by atoms with Crippen molar-refractivity contribution < 1.29 is 39.3 Å². The molecule has 0 amide bonds. The van der Waals surface area contributed by atoms with Gasteiger partial charge < -0.3 is 0 Å². The van der Waals surface area contributed by atoms with E-state index in [1.807, 2.05) is 60.7 Å². The Bertz CT molecular complexity index is 1130. The van der Waals surface area contributed by atoms with E-state index in [1.54, 1.807) is 12.1 Å². The van der Waals surface area contributed by atoms with Crippen molar-refractivity contribution in [2.75, 3.05) is 0 Å². The second-order valence-electron chi connectivity index (χ2n) is 12.8. The molecule has 0 nitrogen and oxygen atoms in total. The van der Waals surface area contributed by atoms with Gasteiger partial charge in [0, 0.05) is 23.3 Å². The van der Waals surface area contributed by atoms with E-state index in [-0.39, 0.29) is 32.5 Å². The topological polar surface area (TPSA) is 0 Å². The first-order chi connectivity index (χ1) is 22.0. The molecule has 0 saturated heterocycles. The molecule has 2 unspecified atom stereocenters. The molecule has 4 aromatic rings. The van der Waals surface area contributed by atoms with Crippen LogP contribution in [0.1, 0.15) is 117 Å². The third-order valence-corrected chi connectivity index (χ3v) is 8.70. The summed E-state index contributed by atoms with van der Waals surface area (Å²) in [6.45, 7) is 13.0. The summed E-state index contributed by atoms with van der Waals surface area (Å²) >= 11 is 0. The van der Waals surface area contributed by atoms with E-state index in [2.05, 4.69) is 53.7 Å². The van der Waals surface area contributed by atoms with Gasteiger partial charge in [-0.15, -0.1) is 35.4 Å². The summed E-state index contributed by atoms with van der Waals surface area (Å²) in [5, 5.41) is 0. The van der Waals surface area contributed by atoms with Crippen LogP contribution in [0.2, 0.25) is 0 Å². The van der Waals surface area contributed by atoms with Crippen LogP contribution in [0, 0.1) is 46.2 Å². The van der Waals surface area contributed by atoms with E-state index >= 15 is 0 Å². The van der Waals surface area contributed by atoms with Crippen LogP contribution in [0.25, 0.3) is 0 Å². The van der Waals surface area contributed by atoms with Crippen molar-refractivity contribution in [1.82, 2.24) is 0 Å². The van der Waals surface area contributed by atoms with Crippen molar-refractivity contribution in [2.45, 2.75) is 119 Å². The Morgan fingerprint density at radius 3 is 1.13 bits per heavy atom. The molecule has 0 aliphatic rings. The Balaban J connectivity index is 0.000000681. The Kier molecular flexibility index (Phi) is 24.3. The van der Waals surface area contributed by atoms with Crippen molar-refractivity contribution in [3.05, 3.63) is 131 Å². The van der Waals surface area contributed by atoms with Crippen LogP contribution in [0.4, 0.5) is 17.6 Å². The van der Waals surface area contributed by atoms with Crippen molar-refractivity contribution in [3.8, 4) is 0 Å². The molecule has 4 aromatic carbocycles. The summed E-state index contributed by atoms with van der Waals surface area (Å²) in [6.07, 6.45) is 12.7. The molecule has 256 valence electrons. The molecule has 0 aliphatic heterocycles. The SMILES string of the molecule is CCCCCC(C)(CC)Cc1ccc(F)[c-]c1F.CCCCCC(C)(CC)Cc1ccc(F)[c-]c1F.[Ti+4].c1cc[cH-]c1.c1cc[cH-]c1. The predicted octanol–water partition coefficient (Wildman–Crippen LogP) is 13.4. The predicted molar refractivity (Wildman–Crippen MR) is 187 cm³/mol. The van der Waals surface area contributed by atoms with Gasteiger partial charge in [0.25, 0.3) is 0 Å². The fraction of sp³-hybridized carbons (Fsp3) is 0.476. The molecule has 4 rings (SSSR count). The number of benzene rings is 2. The molecule has 0 bridgehead atoms. The van der Waals surface area contributed by atoms with Crippen molar-refractivity contribution in [3.63, 3.8) is 0 Å². The molecule has 2 atom stereocenters. The molecule has 0 N–H and O–H groups in total. The maximum atomic E-state index is 13.6. The van der Waals surface area contributed by atoms with Crippen LogP contribution in [-0.2, 0) is 34.6 Å². The third kappa shape index (κ3) is 19.9. The van der Waals surface area contributed by atoms with Crippen LogP contribution in [0.3, 0.4) is 0 Å². The van der Waals surface area contributed by atoms with Gasteiger partial charge in [-0.2, -0.15) is 48.5 Å². The maximum absolute atomic E-state index is 13.6. The van der Waals surface area contributed by atoms with E-state index in [0.717, 1.165) is 25.7 Å². The van der Waals surface area contributed by atoms with E-state index in [1.165, 1.54) is 50.7 Å². The zero-order valence-corrected chi connectivity index (χ0v) is 31.1. The fourth-order valence-corrected chi connectivity index (χ4v) is 5.17. The molecule has 0 aromatic heterocycles. The van der Waals surface area contributed by atoms with E-state index in [9.17, 15) is 17.6 Å². The summed E-state index contributed by atoms with van der Waals surface area (Å²) in [6, 6.07) is 29.9. The first kappa shape index (κ1) is 44.6. The number of halogens is 4. The Morgan fingerprint density at radius 1 is 0.553 bits per heavy atom. The Hall–Kier alpha value is -2.43. The van der Waals surface area contributed by atoms with Gasteiger partial charge in [0.05, 0.1) is 0 Å². The minimum atomic E-state index is -0.625. The second kappa shape index (κ2) is 25.6. The molecular formula is C42H56F4Ti. The van der Waals surface area contributed by atoms with Crippen LogP contribution in [0.5, 0.6) is 0 Å². The average molecular weight is 685 g/mol. The second-order valence-corrected chi connectivity index (χ2v) is 12.8. The molecular weight excluding hydrogens is 628 g/mol. The smallest absolute Gasteiger partial charge is 0.236 e. The standard InChI is InChI=1S/2C16H23F2.2C5H5.Ti/c2*1-4-6-7-10-16(3,5-2)12-13-8-9-14(17)11-15(13)18;2*1-2-4-5-3-1;/h2*8-9H,4-7,10,12H2,1-3H3;2*1-5H;/q4*-1;+4. The first-order valence-electron chi connectivity index (χ1n) is 17.1. The number of unbranched alkanes of at least 4 members (excludes halogenated alkanes) is 4. The average Bonchev–Trinajstić information content (AvgIpc) is 3.81. The molecule has 0 aliphatic carbocycles. The van der Waals surface area contributed by atoms with Gasteiger partial charge in [-0.1, -0.05) is 106 Å². The summed E-state index contributed by atoms with van der Waals surface area (Å²) < 4.78 is 52.9. The largest absolute Gasteiger partial charge is 4.00 e. The summed E-state index contributed by atoms with van der Waals surface area (Å²) in [7, 11) is 0. The van der Waals surface area contributed by atoms with Crippen molar-refractivity contribution >= 4 is 0 Å². The van der Waals surface area contributed by atoms with E-state index in [0.29, 0.717) is 24.0 Å². The van der Waals surface area contributed by atoms with Gasteiger partial charge in [0.1, 0.15) is 0 Å². The molecule has 0 spiro atoms. The molecule has 0 saturated carbocycles. The van der Waals surface area contributed by atoms with Crippen LogP contribution < -0.4 is 0 Å². The number of hydrogen-bond acceptors (Lipinski definition) is 0. The summed E-state index contributed by atoms with van der Waals surface area (Å²) in [5.41, 5.74) is 1.36. The Morgan fingerprint density at radius 2 is 0.894 bits per heavy atom. The van der Waals surface area contributed by atoms with E-state index in [4.69, 9.17) is 0 Å². The molecule has 5 heteroatoms. The molecule has 0 fully saturated rings. The van der Waals surface area contributed by atoms with Crippen molar-refractivity contribution in [1.29, 1.82) is 0 Å². The van der Waals surface area contributed by atoms with Crippen molar-refractivity contribution in [2.24, 2.45) is 10.8 Å². The summed E-state index contributed by atoms with van der Waals surface area (Å²) in [5.74, 6) is -2.32. The van der Waals surface area contributed by atoms with Gasteiger partial charge in [-0.05, 0) is 23.7 Å². The molecule has 0 heterocycles. The van der Waals surface area contributed by atoms with Crippen LogP contribution >= 0.6 is 0 Å². The zero-order chi connectivity index (χ0) is 34.3. The number of rotatable bonds is 14. The third-order valence-electron chi connectivity index (χ3n) is 8.70. The minimum absolute atomic E-state index is 0. The first-order valence-corrected chi connectivity index (χ1v) is 17.1. The van der Waals surface area contributed by atoms with Gasteiger partial charge in [-0.25, -0.2) is 41.8 Å². The van der Waals surface area contributed by atoms with Gasteiger partial charge in [0.15, 0.2) is 0 Å². The van der Waals surface area contributed by atoms with Gasteiger partial charge in [-0.3, -0.25) is 0 Å². The quantitative estimate of drug-likeness (QED) is 0.0537. The molecule has 0 radical (unpaired) electrons. The monoisotopic (exact) mass is 684 g/mol. The minimum Gasteiger partial charge on any atom is -0.236 e. The summed E-state index contributed by atoms with van der Waals surface area (Å²) in [4.78, 5) is 0.